The van der Waals surface area contributed by atoms with Gasteiger partial charge in [0, 0.05) is 38.9 Å². The predicted octanol–water partition coefficient (Wildman–Crippen LogP) is 1.61. The van der Waals surface area contributed by atoms with Crippen LogP contribution in [0.3, 0.4) is 0 Å². The van der Waals surface area contributed by atoms with Gasteiger partial charge in [0.1, 0.15) is 5.38 Å². The standard InChI is InChI=1S/C15H19ClN4O/c1-12(16)15(21)19-8-6-18(7-9-19)11-13-10-14-4-2-3-5-20(14)17-13/h2-5,10,12H,6-9,11H2,1H3. The van der Waals surface area contributed by atoms with Crippen LogP contribution in [0.1, 0.15) is 12.6 Å². The van der Waals surface area contributed by atoms with Gasteiger partial charge in [-0.15, -0.1) is 11.6 Å². The van der Waals surface area contributed by atoms with Crippen LogP contribution in [0, 0.1) is 0 Å². The van der Waals surface area contributed by atoms with Gasteiger partial charge in [-0.3, -0.25) is 9.69 Å². The number of rotatable bonds is 3. The number of hydrogen-bond donors (Lipinski definition) is 0. The van der Waals surface area contributed by atoms with Gasteiger partial charge in [-0.05, 0) is 25.1 Å². The van der Waals surface area contributed by atoms with E-state index in [2.05, 4.69) is 22.1 Å². The van der Waals surface area contributed by atoms with Crippen LogP contribution in [0.4, 0.5) is 0 Å². The van der Waals surface area contributed by atoms with E-state index in [0.717, 1.165) is 43.9 Å². The van der Waals surface area contributed by atoms with E-state index in [1.165, 1.54) is 0 Å². The van der Waals surface area contributed by atoms with Crippen LogP contribution in [-0.4, -0.2) is 56.9 Å². The van der Waals surface area contributed by atoms with Crippen molar-refractivity contribution < 1.29 is 4.79 Å². The fourth-order valence-corrected chi connectivity index (χ4v) is 2.81. The first-order chi connectivity index (χ1) is 10.1. The second kappa shape index (κ2) is 6.03. The third-order valence-corrected chi connectivity index (χ3v) is 4.02. The number of hydrogen-bond acceptors (Lipinski definition) is 3. The first-order valence-electron chi connectivity index (χ1n) is 7.22. The van der Waals surface area contributed by atoms with Gasteiger partial charge < -0.3 is 4.90 Å². The zero-order chi connectivity index (χ0) is 14.8. The van der Waals surface area contributed by atoms with Crippen molar-refractivity contribution in [2.24, 2.45) is 0 Å². The molecular weight excluding hydrogens is 288 g/mol. The van der Waals surface area contributed by atoms with Gasteiger partial charge in [-0.1, -0.05) is 6.07 Å². The minimum absolute atomic E-state index is 0.0315. The lowest BCUT2D eigenvalue weighted by molar-refractivity contribution is -0.132. The minimum Gasteiger partial charge on any atom is -0.339 e. The van der Waals surface area contributed by atoms with Crippen LogP contribution in [-0.2, 0) is 11.3 Å². The van der Waals surface area contributed by atoms with Crippen molar-refractivity contribution in [1.29, 1.82) is 0 Å². The molecule has 6 heteroatoms. The molecule has 112 valence electrons. The van der Waals surface area contributed by atoms with E-state index >= 15 is 0 Å². The molecule has 0 bridgehead atoms. The molecule has 1 aliphatic rings. The van der Waals surface area contributed by atoms with Crippen molar-refractivity contribution in [3.8, 4) is 0 Å². The topological polar surface area (TPSA) is 40.9 Å². The molecule has 1 fully saturated rings. The van der Waals surface area contributed by atoms with Crippen molar-refractivity contribution in [2.75, 3.05) is 26.2 Å². The molecule has 2 aromatic heterocycles. The van der Waals surface area contributed by atoms with Crippen LogP contribution in [0.2, 0.25) is 0 Å². The molecule has 0 aliphatic carbocycles. The highest BCUT2D eigenvalue weighted by Crippen LogP contribution is 2.12. The van der Waals surface area contributed by atoms with Crippen LogP contribution < -0.4 is 0 Å². The van der Waals surface area contributed by atoms with Gasteiger partial charge in [0.15, 0.2) is 0 Å². The third kappa shape index (κ3) is 3.19. The Morgan fingerprint density at radius 1 is 1.33 bits per heavy atom. The molecule has 0 aromatic carbocycles. The Morgan fingerprint density at radius 3 is 2.76 bits per heavy atom. The van der Waals surface area contributed by atoms with Crippen LogP contribution >= 0.6 is 11.6 Å². The van der Waals surface area contributed by atoms with E-state index in [0.29, 0.717) is 0 Å². The zero-order valence-corrected chi connectivity index (χ0v) is 12.8. The third-order valence-electron chi connectivity index (χ3n) is 3.83. The van der Waals surface area contributed by atoms with Gasteiger partial charge >= 0.3 is 0 Å². The Bertz CT molecular complexity index is 598. The second-order valence-corrected chi connectivity index (χ2v) is 6.08. The molecule has 1 unspecified atom stereocenters. The molecule has 0 radical (unpaired) electrons. The summed E-state index contributed by atoms with van der Waals surface area (Å²) in [6, 6.07) is 8.15. The number of alkyl halides is 1. The molecule has 0 spiro atoms. The van der Waals surface area contributed by atoms with E-state index in [4.69, 9.17) is 11.6 Å². The van der Waals surface area contributed by atoms with Gasteiger partial charge in [0.2, 0.25) is 5.91 Å². The number of halogens is 1. The quantitative estimate of drug-likeness (QED) is 0.809. The lowest BCUT2D eigenvalue weighted by Crippen LogP contribution is -2.50. The average molecular weight is 307 g/mol. The van der Waals surface area contributed by atoms with Crippen molar-refractivity contribution in [1.82, 2.24) is 19.4 Å². The van der Waals surface area contributed by atoms with Gasteiger partial charge in [-0.25, -0.2) is 4.52 Å². The van der Waals surface area contributed by atoms with Crippen molar-refractivity contribution in [3.05, 3.63) is 36.2 Å². The Morgan fingerprint density at radius 2 is 2.10 bits per heavy atom. The molecule has 21 heavy (non-hydrogen) atoms. The highest BCUT2D eigenvalue weighted by molar-refractivity contribution is 6.30. The summed E-state index contributed by atoms with van der Waals surface area (Å²) in [4.78, 5) is 16.0. The van der Waals surface area contributed by atoms with Gasteiger partial charge in [0.05, 0.1) is 11.2 Å². The number of fused-ring (bicyclic) bond motifs is 1. The van der Waals surface area contributed by atoms with Crippen molar-refractivity contribution in [2.45, 2.75) is 18.8 Å². The zero-order valence-electron chi connectivity index (χ0n) is 12.1. The smallest absolute Gasteiger partial charge is 0.240 e. The molecule has 3 rings (SSSR count). The summed E-state index contributed by atoms with van der Waals surface area (Å²) in [5, 5.41) is 4.13. The fourth-order valence-electron chi connectivity index (χ4n) is 2.68. The first kappa shape index (κ1) is 14.4. The summed E-state index contributed by atoms with van der Waals surface area (Å²) in [6.07, 6.45) is 1.96. The largest absolute Gasteiger partial charge is 0.339 e. The number of pyridine rings is 1. The maximum atomic E-state index is 11.8. The van der Waals surface area contributed by atoms with Gasteiger partial charge in [-0.2, -0.15) is 5.10 Å². The highest BCUT2D eigenvalue weighted by atomic mass is 35.5. The molecular formula is C15H19ClN4O. The Balaban J connectivity index is 1.59. The molecule has 0 N–H and O–H groups in total. The first-order valence-corrected chi connectivity index (χ1v) is 7.65. The molecule has 0 saturated carbocycles. The van der Waals surface area contributed by atoms with Crippen molar-refractivity contribution in [3.63, 3.8) is 0 Å². The summed E-state index contributed by atoms with van der Waals surface area (Å²) in [5.41, 5.74) is 2.17. The number of aromatic nitrogens is 2. The van der Waals surface area contributed by atoms with E-state index < -0.39 is 5.38 Å². The normalized spacial score (nSPS) is 18.1. The summed E-state index contributed by atoms with van der Waals surface area (Å²) >= 11 is 5.86. The van der Waals surface area contributed by atoms with Crippen molar-refractivity contribution >= 4 is 23.0 Å². The Kier molecular flexibility index (Phi) is 4.12. The molecule has 5 nitrogen and oxygen atoms in total. The van der Waals surface area contributed by atoms with E-state index in [9.17, 15) is 4.79 Å². The monoisotopic (exact) mass is 306 g/mol. The predicted molar refractivity (Wildman–Crippen MR) is 82.4 cm³/mol. The summed E-state index contributed by atoms with van der Waals surface area (Å²) in [7, 11) is 0. The number of carbonyl (C=O) groups is 1. The lowest BCUT2D eigenvalue weighted by atomic mass is 10.2. The molecule has 3 heterocycles. The fraction of sp³-hybridized carbons (Fsp3) is 0.467. The van der Waals surface area contributed by atoms with Gasteiger partial charge in [0.25, 0.3) is 0 Å². The van der Waals surface area contributed by atoms with Crippen LogP contribution in [0.25, 0.3) is 5.52 Å². The molecule has 1 saturated heterocycles. The average Bonchev–Trinajstić information content (AvgIpc) is 2.89. The molecule has 1 aliphatic heterocycles. The Labute approximate surface area is 129 Å². The highest BCUT2D eigenvalue weighted by Gasteiger charge is 2.24. The van der Waals surface area contributed by atoms with Crippen LogP contribution in [0.5, 0.6) is 0 Å². The lowest BCUT2D eigenvalue weighted by Gasteiger charge is -2.34. The summed E-state index contributed by atoms with van der Waals surface area (Å²) < 4.78 is 1.89. The number of carbonyl (C=O) groups excluding carboxylic acids is 1. The van der Waals surface area contributed by atoms with E-state index in [1.54, 1.807) is 6.92 Å². The number of amides is 1. The maximum Gasteiger partial charge on any atom is 0.240 e. The number of piperazine rings is 1. The van der Waals surface area contributed by atoms with E-state index in [-0.39, 0.29) is 5.91 Å². The summed E-state index contributed by atoms with van der Waals surface area (Å²) in [5.74, 6) is 0.0315. The number of nitrogens with zero attached hydrogens (tertiary/aromatic N) is 4. The second-order valence-electron chi connectivity index (χ2n) is 5.42. The SMILES string of the molecule is CC(Cl)C(=O)N1CCN(Cc2cc3ccccn3n2)CC1. The maximum absolute atomic E-state index is 11.8. The Hall–Kier alpha value is -1.59. The molecule has 2 aromatic rings. The minimum atomic E-state index is -0.435. The summed E-state index contributed by atoms with van der Waals surface area (Å²) in [6.45, 7) is 5.76. The molecule has 1 atom stereocenters. The molecule has 1 amide bonds. The van der Waals surface area contributed by atoms with E-state index in [1.807, 2.05) is 27.7 Å². The van der Waals surface area contributed by atoms with Crippen LogP contribution in [0.15, 0.2) is 30.5 Å².